The largest absolute Gasteiger partial charge is 0.466 e. The quantitative estimate of drug-likeness (QED) is 0.788. The summed E-state index contributed by atoms with van der Waals surface area (Å²) in [6.45, 7) is 13.4. The minimum atomic E-state index is -1.19. The average Bonchev–Trinajstić information content (AvgIpc) is 2.83. The average molecular weight is 338 g/mol. The van der Waals surface area contributed by atoms with E-state index < -0.39 is 11.2 Å². The number of hydrogen-bond donors (Lipinski definition) is 3. The van der Waals surface area contributed by atoms with E-state index in [-0.39, 0.29) is 24.2 Å². The number of nitrogens with one attached hydrogen (secondary N) is 2. The van der Waals surface area contributed by atoms with Crippen molar-refractivity contribution in [1.29, 1.82) is 0 Å². The van der Waals surface area contributed by atoms with Crippen LogP contribution in [0.25, 0.3) is 0 Å². The SMILES string of the molecule is Cc1cc(C(C)(O)CNC(=O)NC2CC(C)(C)OC2(C)C)c(C)o1. The van der Waals surface area contributed by atoms with Gasteiger partial charge < -0.3 is 24.9 Å². The Morgan fingerprint density at radius 3 is 2.46 bits per heavy atom. The number of carbonyl (C=O) groups excluding carboxylic acids is 1. The number of furan rings is 1. The van der Waals surface area contributed by atoms with E-state index in [0.717, 1.165) is 12.2 Å². The molecule has 2 unspecified atom stereocenters. The van der Waals surface area contributed by atoms with Gasteiger partial charge in [-0.25, -0.2) is 4.79 Å². The lowest BCUT2D eigenvalue weighted by Crippen LogP contribution is -2.51. The molecule has 0 saturated carbocycles. The van der Waals surface area contributed by atoms with E-state index in [9.17, 15) is 9.90 Å². The summed E-state index contributed by atoms with van der Waals surface area (Å²) in [5.74, 6) is 1.39. The lowest BCUT2D eigenvalue weighted by Gasteiger charge is -2.28. The Hall–Kier alpha value is -1.53. The molecule has 0 spiro atoms. The minimum Gasteiger partial charge on any atom is -0.466 e. The molecule has 1 aromatic heterocycles. The van der Waals surface area contributed by atoms with Crippen LogP contribution in [0.5, 0.6) is 0 Å². The highest BCUT2D eigenvalue weighted by Crippen LogP contribution is 2.37. The molecule has 1 aliphatic rings. The Morgan fingerprint density at radius 2 is 2.00 bits per heavy atom. The molecule has 2 amide bonds. The number of amides is 2. The molecule has 3 N–H and O–H groups in total. The molecule has 2 heterocycles. The second-order valence-electron chi connectivity index (χ2n) is 8.15. The zero-order valence-corrected chi connectivity index (χ0v) is 15.7. The van der Waals surface area contributed by atoms with Crippen molar-refractivity contribution in [2.24, 2.45) is 0 Å². The molecule has 6 nitrogen and oxygen atoms in total. The van der Waals surface area contributed by atoms with Gasteiger partial charge in [-0.3, -0.25) is 0 Å². The van der Waals surface area contributed by atoms with Gasteiger partial charge in [0.1, 0.15) is 17.1 Å². The van der Waals surface area contributed by atoms with Gasteiger partial charge in [0.15, 0.2) is 0 Å². The van der Waals surface area contributed by atoms with Crippen LogP contribution in [-0.2, 0) is 10.3 Å². The lowest BCUT2D eigenvalue weighted by atomic mass is 9.94. The minimum absolute atomic E-state index is 0.0876. The standard InChI is InChI=1S/C18H30N2O4/c1-11-8-13(12(2)23-11)18(7,22)10-19-15(21)20-14-9-16(3,4)24-17(14,5)6/h8,14,22H,9-10H2,1-7H3,(H2,19,20,21). The number of urea groups is 1. The van der Waals surface area contributed by atoms with Gasteiger partial charge in [-0.15, -0.1) is 0 Å². The maximum atomic E-state index is 12.3. The van der Waals surface area contributed by atoms with Crippen molar-refractivity contribution in [3.63, 3.8) is 0 Å². The summed E-state index contributed by atoms with van der Waals surface area (Å²) in [5, 5.41) is 16.4. The Kier molecular flexibility index (Phi) is 4.76. The summed E-state index contributed by atoms with van der Waals surface area (Å²) in [6, 6.07) is 1.40. The van der Waals surface area contributed by atoms with Crippen molar-refractivity contribution in [2.75, 3.05) is 6.54 Å². The molecule has 0 aliphatic carbocycles. The molecule has 1 aromatic rings. The van der Waals surface area contributed by atoms with Crippen LogP contribution in [0.4, 0.5) is 4.79 Å². The number of hydrogen-bond acceptors (Lipinski definition) is 4. The van der Waals surface area contributed by atoms with Crippen LogP contribution in [0.1, 0.15) is 58.1 Å². The number of ether oxygens (including phenoxy) is 1. The molecular formula is C18H30N2O4. The van der Waals surface area contributed by atoms with E-state index in [1.54, 1.807) is 19.9 Å². The maximum Gasteiger partial charge on any atom is 0.315 e. The summed E-state index contributed by atoms with van der Waals surface area (Å²) in [4.78, 5) is 12.3. The van der Waals surface area contributed by atoms with Crippen molar-refractivity contribution in [3.05, 3.63) is 23.2 Å². The third kappa shape index (κ3) is 4.11. The number of rotatable bonds is 4. The Morgan fingerprint density at radius 1 is 1.38 bits per heavy atom. The summed E-state index contributed by atoms with van der Waals surface area (Å²) in [6.07, 6.45) is 0.740. The first-order chi connectivity index (χ1) is 10.8. The highest BCUT2D eigenvalue weighted by atomic mass is 16.5. The lowest BCUT2D eigenvalue weighted by molar-refractivity contribution is -0.0690. The van der Waals surface area contributed by atoms with Crippen LogP contribution in [0, 0.1) is 13.8 Å². The Balaban J connectivity index is 1.95. The van der Waals surface area contributed by atoms with Crippen LogP contribution >= 0.6 is 0 Å². The van der Waals surface area contributed by atoms with Crippen molar-refractivity contribution in [3.8, 4) is 0 Å². The molecule has 0 radical (unpaired) electrons. The van der Waals surface area contributed by atoms with E-state index in [1.165, 1.54) is 0 Å². The van der Waals surface area contributed by atoms with E-state index in [4.69, 9.17) is 9.15 Å². The summed E-state index contributed by atoms with van der Waals surface area (Å²) < 4.78 is 11.4. The van der Waals surface area contributed by atoms with Gasteiger partial charge in [-0.05, 0) is 61.0 Å². The van der Waals surface area contributed by atoms with E-state index in [2.05, 4.69) is 10.6 Å². The van der Waals surface area contributed by atoms with Gasteiger partial charge in [0.2, 0.25) is 0 Å². The zero-order chi connectivity index (χ0) is 18.3. The predicted octanol–water partition coefficient (Wildman–Crippen LogP) is 2.75. The number of aliphatic hydroxyl groups is 1. The second kappa shape index (κ2) is 6.08. The van der Waals surface area contributed by atoms with Crippen LogP contribution in [0.15, 0.2) is 10.5 Å². The van der Waals surface area contributed by atoms with E-state index in [1.807, 2.05) is 34.6 Å². The first-order valence-corrected chi connectivity index (χ1v) is 8.37. The van der Waals surface area contributed by atoms with Crippen LogP contribution in [0.3, 0.4) is 0 Å². The van der Waals surface area contributed by atoms with Gasteiger partial charge in [-0.1, -0.05) is 0 Å². The third-order valence-corrected chi connectivity index (χ3v) is 4.59. The normalized spacial score (nSPS) is 24.4. The van der Waals surface area contributed by atoms with Gasteiger partial charge in [-0.2, -0.15) is 0 Å². The fraction of sp³-hybridized carbons (Fsp3) is 0.722. The van der Waals surface area contributed by atoms with E-state index in [0.29, 0.717) is 11.3 Å². The molecule has 1 fully saturated rings. The molecule has 0 aromatic carbocycles. The summed E-state index contributed by atoms with van der Waals surface area (Å²) in [5.41, 5.74) is -1.20. The first-order valence-electron chi connectivity index (χ1n) is 8.37. The van der Waals surface area contributed by atoms with Gasteiger partial charge >= 0.3 is 6.03 Å². The van der Waals surface area contributed by atoms with E-state index >= 15 is 0 Å². The smallest absolute Gasteiger partial charge is 0.315 e. The van der Waals surface area contributed by atoms with Crippen molar-refractivity contribution in [2.45, 2.75) is 77.7 Å². The molecule has 2 rings (SSSR count). The fourth-order valence-corrected chi connectivity index (χ4v) is 3.51. The fourth-order valence-electron chi connectivity index (χ4n) is 3.51. The van der Waals surface area contributed by atoms with Gasteiger partial charge in [0, 0.05) is 5.56 Å². The number of carbonyl (C=O) groups is 1. The predicted molar refractivity (Wildman–Crippen MR) is 91.9 cm³/mol. The van der Waals surface area contributed by atoms with Crippen LogP contribution in [0.2, 0.25) is 0 Å². The first kappa shape index (κ1) is 18.8. The molecule has 1 aliphatic heterocycles. The van der Waals surface area contributed by atoms with Crippen molar-refractivity contribution < 1.29 is 19.1 Å². The molecule has 24 heavy (non-hydrogen) atoms. The van der Waals surface area contributed by atoms with Crippen LogP contribution in [-0.4, -0.2) is 34.9 Å². The third-order valence-electron chi connectivity index (χ3n) is 4.59. The highest BCUT2D eigenvalue weighted by Gasteiger charge is 2.46. The van der Waals surface area contributed by atoms with Crippen molar-refractivity contribution >= 4 is 6.03 Å². The second-order valence-corrected chi connectivity index (χ2v) is 8.15. The maximum absolute atomic E-state index is 12.3. The monoisotopic (exact) mass is 338 g/mol. The van der Waals surface area contributed by atoms with Crippen molar-refractivity contribution in [1.82, 2.24) is 10.6 Å². The topological polar surface area (TPSA) is 83.7 Å². The molecule has 2 atom stereocenters. The van der Waals surface area contributed by atoms with Gasteiger partial charge in [0.25, 0.3) is 0 Å². The molecular weight excluding hydrogens is 308 g/mol. The summed E-state index contributed by atoms with van der Waals surface area (Å²) >= 11 is 0. The summed E-state index contributed by atoms with van der Waals surface area (Å²) in [7, 11) is 0. The molecule has 136 valence electrons. The van der Waals surface area contributed by atoms with Gasteiger partial charge in [0.05, 0.1) is 23.8 Å². The highest BCUT2D eigenvalue weighted by molar-refractivity contribution is 5.74. The Bertz CT molecular complexity index is 617. The number of aryl methyl sites for hydroxylation is 2. The molecule has 1 saturated heterocycles. The zero-order valence-electron chi connectivity index (χ0n) is 15.7. The van der Waals surface area contributed by atoms with Crippen LogP contribution < -0.4 is 10.6 Å². The molecule has 6 heteroatoms. The molecule has 0 bridgehead atoms. The Labute approximate surface area is 143 Å².